The summed E-state index contributed by atoms with van der Waals surface area (Å²) < 4.78 is 5.46. The van der Waals surface area contributed by atoms with E-state index in [4.69, 9.17) is 20.4 Å². The van der Waals surface area contributed by atoms with Gasteiger partial charge in [0.25, 0.3) is 0 Å². The second-order valence-electron chi connectivity index (χ2n) is 7.29. The molecule has 9 nitrogen and oxygen atoms in total. The third-order valence-corrected chi connectivity index (χ3v) is 5.21. The number of nitrogens with two attached hydrogens (primary N) is 1. The van der Waals surface area contributed by atoms with E-state index in [9.17, 15) is 9.90 Å². The minimum atomic E-state index is -0.304. The third kappa shape index (κ3) is 4.75. The molecule has 3 heterocycles. The van der Waals surface area contributed by atoms with E-state index < -0.39 is 0 Å². The van der Waals surface area contributed by atoms with E-state index in [0.29, 0.717) is 19.2 Å². The van der Waals surface area contributed by atoms with Gasteiger partial charge >= 0.3 is 0 Å². The Hall–Kier alpha value is -2.91. The average Bonchev–Trinajstić information content (AvgIpc) is 2.74. The lowest BCUT2D eigenvalue weighted by Crippen LogP contribution is -2.49. The summed E-state index contributed by atoms with van der Waals surface area (Å²) in [5, 5.41) is 9.89. The Morgan fingerprint density at radius 2 is 1.79 bits per heavy atom. The molecule has 2 aromatic rings. The molecule has 1 aromatic heterocycles. The fourth-order valence-electron chi connectivity index (χ4n) is 3.66. The van der Waals surface area contributed by atoms with Crippen LogP contribution in [0.25, 0.3) is 11.3 Å². The molecule has 0 unspecified atom stereocenters. The molecule has 2 saturated heterocycles. The molecule has 9 heteroatoms. The number of benzene rings is 1. The standard InChI is InChI=1S/C20H26N6O3/c21-18(28)14-24-4-6-25(7-5-24)19-13-17(15-2-1-3-16(27)12-15)22-20(23-19)26-8-10-29-11-9-26/h1-3,12-13,27H,4-11,14H2,(H2,21,28). The van der Waals surface area contributed by atoms with Gasteiger partial charge in [-0.1, -0.05) is 12.1 Å². The van der Waals surface area contributed by atoms with Crippen LogP contribution >= 0.6 is 0 Å². The minimum absolute atomic E-state index is 0.204. The van der Waals surface area contributed by atoms with Gasteiger partial charge in [-0.25, -0.2) is 4.98 Å². The van der Waals surface area contributed by atoms with Gasteiger partial charge in [0.1, 0.15) is 11.6 Å². The van der Waals surface area contributed by atoms with Crippen molar-refractivity contribution in [3.63, 3.8) is 0 Å². The van der Waals surface area contributed by atoms with Crippen LogP contribution in [0, 0.1) is 0 Å². The number of ether oxygens (including phenoxy) is 1. The van der Waals surface area contributed by atoms with Crippen molar-refractivity contribution in [3.05, 3.63) is 30.3 Å². The lowest BCUT2D eigenvalue weighted by Gasteiger charge is -2.35. The summed E-state index contributed by atoms with van der Waals surface area (Å²) in [6.07, 6.45) is 0. The number of phenols is 1. The van der Waals surface area contributed by atoms with E-state index in [1.165, 1.54) is 0 Å². The molecule has 0 spiro atoms. The number of hydrogen-bond donors (Lipinski definition) is 2. The highest BCUT2D eigenvalue weighted by Gasteiger charge is 2.22. The van der Waals surface area contributed by atoms with Gasteiger partial charge in [-0.15, -0.1) is 0 Å². The first-order chi connectivity index (χ1) is 14.1. The molecule has 1 amide bonds. The third-order valence-electron chi connectivity index (χ3n) is 5.21. The lowest BCUT2D eigenvalue weighted by molar-refractivity contribution is -0.119. The van der Waals surface area contributed by atoms with Crippen LogP contribution in [0.4, 0.5) is 11.8 Å². The number of rotatable bonds is 5. The Balaban J connectivity index is 1.62. The number of aromatic nitrogens is 2. The van der Waals surface area contributed by atoms with Crippen molar-refractivity contribution in [1.82, 2.24) is 14.9 Å². The maximum atomic E-state index is 11.2. The summed E-state index contributed by atoms with van der Waals surface area (Å²) in [4.78, 5) is 27.2. The van der Waals surface area contributed by atoms with Crippen molar-refractivity contribution in [2.24, 2.45) is 5.73 Å². The van der Waals surface area contributed by atoms with Crippen LogP contribution in [0.3, 0.4) is 0 Å². The fraction of sp³-hybridized carbons (Fsp3) is 0.450. The van der Waals surface area contributed by atoms with E-state index in [-0.39, 0.29) is 18.2 Å². The normalized spacial score (nSPS) is 18.1. The largest absolute Gasteiger partial charge is 0.508 e. The van der Waals surface area contributed by atoms with Gasteiger partial charge in [-0.05, 0) is 12.1 Å². The van der Waals surface area contributed by atoms with Gasteiger partial charge in [0.15, 0.2) is 0 Å². The number of primary amides is 1. The number of hydrogen-bond acceptors (Lipinski definition) is 8. The van der Waals surface area contributed by atoms with E-state index in [0.717, 1.165) is 56.3 Å². The number of nitrogens with zero attached hydrogens (tertiary/aromatic N) is 5. The molecule has 1 aromatic carbocycles. The first-order valence-electron chi connectivity index (χ1n) is 9.85. The summed E-state index contributed by atoms with van der Waals surface area (Å²) in [6.45, 7) is 6.10. The van der Waals surface area contributed by atoms with Crippen molar-refractivity contribution >= 4 is 17.7 Å². The van der Waals surface area contributed by atoms with Gasteiger partial charge in [-0.2, -0.15) is 4.98 Å². The summed E-state index contributed by atoms with van der Waals surface area (Å²) in [6, 6.07) is 9.05. The molecule has 0 atom stereocenters. The zero-order valence-corrected chi connectivity index (χ0v) is 16.3. The molecular formula is C20H26N6O3. The number of carbonyl (C=O) groups excluding carboxylic acids is 1. The molecule has 2 aliphatic heterocycles. The van der Waals surface area contributed by atoms with Crippen LogP contribution in [-0.4, -0.2) is 84.9 Å². The maximum Gasteiger partial charge on any atom is 0.231 e. The molecule has 0 radical (unpaired) electrons. The van der Waals surface area contributed by atoms with E-state index in [1.807, 2.05) is 18.2 Å². The van der Waals surface area contributed by atoms with Crippen LogP contribution < -0.4 is 15.5 Å². The Kier molecular flexibility index (Phi) is 5.77. The highest BCUT2D eigenvalue weighted by molar-refractivity contribution is 5.76. The second-order valence-corrected chi connectivity index (χ2v) is 7.29. The Morgan fingerprint density at radius 1 is 1.03 bits per heavy atom. The van der Waals surface area contributed by atoms with Crippen LogP contribution in [0.15, 0.2) is 30.3 Å². The molecular weight excluding hydrogens is 372 g/mol. The summed E-state index contributed by atoms with van der Waals surface area (Å²) in [7, 11) is 0. The summed E-state index contributed by atoms with van der Waals surface area (Å²) >= 11 is 0. The van der Waals surface area contributed by atoms with E-state index >= 15 is 0 Å². The Bertz CT molecular complexity index is 863. The van der Waals surface area contributed by atoms with Crippen LogP contribution in [0.1, 0.15) is 0 Å². The van der Waals surface area contributed by atoms with E-state index in [2.05, 4.69) is 14.7 Å². The van der Waals surface area contributed by atoms with E-state index in [1.54, 1.807) is 12.1 Å². The smallest absolute Gasteiger partial charge is 0.231 e. The number of aromatic hydroxyl groups is 1. The van der Waals surface area contributed by atoms with Gasteiger partial charge in [-0.3, -0.25) is 9.69 Å². The van der Waals surface area contributed by atoms with Crippen molar-refractivity contribution in [1.29, 1.82) is 0 Å². The van der Waals surface area contributed by atoms with Crippen molar-refractivity contribution < 1.29 is 14.6 Å². The lowest BCUT2D eigenvalue weighted by atomic mass is 10.1. The molecule has 0 saturated carbocycles. The number of carbonyl (C=O) groups is 1. The molecule has 3 N–H and O–H groups in total. The van der Waals surface area contributed by atoms with Crippen LogP contribution in [0.5, 0.6) is 5.75 Å². The second kappa shape index (κ2) is 8.62. The summed E-state index contributed by atoms with van der Waals surface area (Å²) in [5.41, 5.74) is 6.93. The number of piperazine rings is 1. The number of anilines is 2. The molecule has 0 aliphatic carbocycles. The van der Waals surface area contributed by atoms with Crippen molar-refractivity contribution in [2.45, 2.75) is 0 Å². The van der Waals surface area contributed by atoms with Gasteiger partial charge < -0.3 is 25.4 Å². The minimum Gasteiger partial charge on any atom is -0.508 e. The molecule has 4 rings (SSSR count). The quantitative estimate of drug-likeness (QED) is 0.740. The average molecular weight is 398 g/mol. The Morgan fingerprint density at radius 3 is 2.48 bits per heavy atom. The Labute approximate surface area is 169 Å². The molecule has 2 fully saturated rings. The maximum absolute atomic E-state index is 11.2. The molecule has 2 aliphatic rings. The van der Waals surface area contributed by atoms with Crippen LogP contribution in [0.2, 0.25) is 0 Å². The molecule has 0 bridgehead atoms. The number of morpholine rings is 1. The van der Waals surface area contributed by atoms with Gasteiger partial charge in [0.05, 0.1) is 25.5 Å². The number of phenolic OH excluding ortho intramolecular Hbond substituents is 1. The zero-order chi connectivity index (χ0) is 20.2. The SMILES string of the molecule is NC(=O)CN1CCN(c2cc(-c3cccc(O)c3)nc(N3CCOCC3)n2)CC1. The topological polar surface area (TPSA) is 108 Å². The predicted molar refractivity (Wildman–Crippen MR) is 110 cm³/mol. The van der Waals surface area contributed by atoms with Gasteiger partial charge in [0.2, 0.25) is 11.9 Å². The molecule has 154 valence electrons. The first kappa shape index (κ1) is 19.4. The first-order valence-corrected chi connectivity index (χ1v) is 9.85. The van der Waals surface area contributed by atoms with Crippen LogP contribution in [-0.2, 0) is 9.53 Å². The zero-order valence-electron chi connectivity index (χ0n) is 16.3. The highest BCUT2D eigenvalue weighted by atomic mass is 16.5. The monoisotopic (exact) mass is 398 g/mol. The summed E-state index contributed by atoms with van der Waals surface area (Å²) in [5.74, 6) is 1.42. The predicted octanol–water partition coefficient (Wildman–Crippen LogP) is 0.293. The van der Waals surface area contributed by atoms with Gasteiger partial charge in [0, 0.05) is 50.9 Å². The van der Waals surface area contributed by atoms with Crippen molar-refractivity contribution in [2.75, 3.05) is 68.8 Å². The fourth-order valence-corrected chi connectivity index (χ4v) is 3.66. The number of amides is 1. The van der Waals surface area contributed by atoms with Crippen molar-refractivity contribution in [3.8, 4) is 17.0 Å². The highest BCUT2D eigenvalue weighted by Crippen LogP contribution is 2.28. The molecule has 29 heavy (non-hydrogen) atoms.